The largest absolute Gasteiger partial charge is 0.428 e. The summed E-state index contributed by atoms with van der Waals surface area (Å²) in [5, 5.41) is 1.39. The van der Waals surface area contributed by atoms with Crippen molar-refractivity contribution in [2.45, 2.75) is 92.3 Å². The molecule has 0 unspecified atom stereocenters. The van der Waals surface area contributed by atoms with Gasteiger partial charge in [0.2, 0.25) is 0 Å². The van der Waals surface area contributed by atoms with Crippen molar-refractivity contribution in [2.24, 2.45) is 5.92 Å². The Kier molecular flexibility index (Phi) is 9.72. The summed E-state index contributed by atoms with van der Waals surface area (Å²) >= 11 is 0. The second-order valence-electron chi connectivity index (χ2n) is 11.8. The fraction of sp³-hybridized carbons (Fsp3) is 0.548. The molecule has 0 aromatic heterocycles. The molecule has 0 fully saturated rings. The van der Waals surface area contributed by atoms with Crippen LogP contribution in [-0.2, 0) is 24.5 Å². The highest BCUT2D eigenvalue weighted by Gasteiger charge is 2.37. The molecule has 2 aromatic rings. The molecule has 0 atom stereocenters. The van der Waals surface area contributed by atoms with Gasteiger partial charge in [-0.05, 0) is 64.9 Å². The average Bonchev–Trinajstić information content (AvgIpc) is 2.83. The van der Waals surface area contributed by atoms with Gasteiger partial charge in [-0.15, -0.1) is 0 Å². The van der Waals surface area contributed by atoms with Crippen LogP contribution in [0.4, 0.5) is 0 Å². The van der Waals surface area contributed by atoms with Gasteiger partial charge in [-0.2, -0.15) is 0 Å². The van der Waals surface area contributed by atoms with Gasteiger partial charge in [0.1, 0.15) is 11.5 Å². The molecular formula is C31H44O6. The minimum Gasteiger partial charge on any atom is -0.428 e. The summed E-state index contributed by atoms with van der Waals surface area (Å²) in [6, 6.07) is 7.49. The summed E-state index contributed by atoms with van der Waals surface area (Å²) in [5.74, 6) is 0.836. The molecule has 0 spiro atoms. The monoisotopic (exact) mass is 512 g/mol. The Hall–Kier alpha value is -2.70. The highest BCUT2D eigenvalue weighted by atomic mass is 16.6. The van der Waals surface area contributed by atoms with Crippen molar-refractivity contribution >= 4 is 23.2 Å². The van der Waals surface area contributed by atoms with Gasteiger partial charge < -0.3 is 18.9 Å². The zero-order chi connectivity index (χ0) is 28.2. The number of methoxy groups -OCH3 is 1. The third-order valence-electron chi connectivity index (χ3n) is 7.07. The van der Waals surface area contributed by atoms with Gasteiger partial charge in [0.05, 0.1) is 12.2 Å². The molecule has 0 heterocycles. The van der Waals surface area contributed by atoms with Crippen molar-refractivity contribution in [1.29, 1.82) is 0 Å². The van der Waals surface area contributed by atoms with Crippen molar-refractivity contribution in [3.8, 4) is 11.5 Å². The summed E-state index contributed by atoms with van der Waals surface area (Å²) < 4.78 is 23.1. The number of hydrogen-bond acceptors (Lipinski definition) is 6. The van der Waals surface area contributed by atoms with Crippen LogP contribution in [0.25, 0.3) is 10.8 Å². The van der Waals surface area contributed by atoms with E-state index in [4.69, 9.17) is 18.9 Å². The molecule has 37 heavy (non-hydrogen) atoms. The number of carbonyl (C=O) groups excluding carboxylic acids is 2. The molecule has 204 valence electrons. The highest BCUT2D eigenvalue weighted by molar-refractivity contribution is 5.99. The van der Waals surface area contributed by atoms with Crippen molar-refractivity contribution in [1.82, 2.24) is 0 Å². The number of ether oxygens (including phenoxy) is 4. The number of fused-ring (bicyclic) bond motifs is 1. The Bertz CT molecular complexity index is 1150. The molecule has 0 aliphatic heterocycles. The van der Waals surface area contributed by atoms with Gasteiger partial charge in [0, 0.05) is 23.4 Å². The van der Waals surface area contributed by atoms with Crippen LogP contribution in [0.15, 0.2) is 35.9 Å². The molecule has 0 aliphatic carbocycles. The quantitative estimate of drug-likeness (QED) is 0.131. The Balaban J connectivity index is 2.71. The lowest BCUT2D eigenvalue weighted by Crippen LogP contribution is -2.43. The smallest absolute Gasteiger partial charge is 0.343 e. The molecule has 0 amide bonds. The zero-order valence-electron chi connectivity index (χ0n) is 24.4. The minimum absolute atomic E-state index is 0.217. The summed E-state index contributed by atoms with van der Waals surface area (Å²) in [7, 11) is 1.61. The number of allylic oxidation sites excluding steroid dienone is 2. The molecule has 6 heteroatoms. The summed E-state index contributed by atoms with van der Waals surface area (Å²) in [5.41, 5.74) is 0.639. The van der Waals surface area contributed by atoms with Crippen LogP contribution in [0.5, 0.6) is 11.5 Å². The zero-order valence-corrected chi connectivity index (χ0v) is 24.4. The van der Waals surface area contributed by atoms with Gasteiger partial charge in [-0.25, -0.2) is 4.79 Å². The Morgan fingerprint density at radius 3 is 2.08 bits per heavy atom. The van der Waals surface area contributed by atoms with E-state index >= 15 is 0 Å². The molecule has 2 rings (SSSR count). The first-order valence-corrected chi connectivity index (χ1v) is 12.8. The van der Waals surface area contributed by atoms with Crippen LogP contribution in [0.2, 0.25) is 0 Å². The minimum atomic E-state index is -1.22. The van der Waals surface area contributed by atoms with E-state index in [1.165, 1.54) is 5.57 Å². The molecule has 2 aromatic carbocycles. The van der Waals surface area contributed by atoms with E-state index in [2.05, 4.69) is 40.7 Å². The van der Waals surface area contributed by atoms with Crippen molar-refractivity contribution in [3.63, 3.8) is 0 Å². The summed E-state index contributed by atoms with van der Waals surface area (Å²) in [6.07, 6.45) is 2.94. The molecule has 0 bridgehead atoms. The molecule has 0 radical (unpaired) electrons. The van der Waals surface area contributed by atoms with Crippen molar-refractivity contribution in [3.05, 3.63) is 47.0 Å². The summed E-state index contributed by atoms with van der Waals surface area (Å²) in [6.45, 7) is 20.4. The first-order chi connectivity index (χ1) is 17.1. The maximum atomic E-state index is 13.6. The first kappa shape index (κ1) is 30.5. The Morgan fingerprint density at radius 2 is 1.57 bits per heavy atom. The molecule has 0 N–H and O–H groups in total. The van der Waals surface area contributed by atoms with Crippen LogP contribution in [0, 0.1) is 12.8 Å². The van der Waals surface area contributed by atoms with Gasteiger partial charge in [-0.1, -0.05) is 63.6 Å². The van der Waals surface area contributed by atoms with Crippen LogP contribution < -0.4 is 9.47 Å². The Morgan fingerprint density at radius 1 is 1.00 bits per heavy atom. The molecule has 0 saturated heterocycles. The molecular weight excluding hydrogens is 468 g/mol. The van der Waals surface area contributed by atoms with Gasteiger partial charge in [0.15, 0.2) is 5.60 Å². The number of hydrogen-bond donors (Lipinski definition) is 0. The van der Waals surface area contributed by atoms with E-state index in [1.807, 2.05) is 45.0 Å². The van der Waals surface area contributed by atoms with E-state index in [1.54, 1.807) is 21.0 Å². The lowest BCUT2D eigenvalue weighted by Gasteiger charge is -2.33. The third kappa shape index (κ3) is 7.20. The third-order valence-corrected chi connectivity index (χ3v) is 7.07. The van der Waals surface area contributed by atoms with Crippen molar-refractivity contribution in [2.75, 3.05) is 13.7 Å². The Labute approximate surface area is 222 Å². The van der Waals surface area contributed by atoms with Crippen LogP contribution in [0.1, 0.15) is 79.9 Å². The lowest BCUT2D eigenvalue weighted by molar-refractivity contribution is -0.166. The highest BCUT2D eigenvalue weighted by Crippen LogP contribution is 2.47. The van der Waals surface area contributed by atoms with E-state index in [9.17, 15) is 9.59 Å². The number of esters is 1. The first-order valence-electron chi connectivity index (χ1n) is 12.8. The van der Waals surface area contributed by atoms with Gasteiger partial charge in [-0.3, -0.25) is 4.79 Å². The van der Waals surface area contributed by atoms with Gasteiger partial charge in [0.25, 0.3) is 6.47 Å². The maximum absolute atomic E-state index is 13.6. The normalized spacial score (nSPS) is 13.2. The fourth-order valence-corrected chi connectivity index (χ4v) is 4.06. The fourth-order valence-electron chi connectivity index (χ4n) is 4.06. The van der Waals surface area contributed by atoms with E-state index in [0.717, 1.165) is 11.1 Å². The number of benzene rings is 2. The van der Waals surface area contributed by atoms with Gasteiger partial charge >= 0.3 is 5.97 Å². The number of rotatable bonds is 12. The predicted molar refractivity (Wildman–Crippen MR) is 148 cm³/mol. The standard InChI is InChI=1S/C31H44O6/c1-20(2)21(3)16-17-29(5,6)25-22(4)26(35-19-32)23-14-12-13-15-24(23)27(25)37-28(33)31(9,10)36-18-30(7,8)34-11/h12-16,19-20H,17-18H2,1-11H3/b21-16+. The van der Waals surface area contributed by atoms with Crippen molar-refractivity contribution < 1.29 is 28.5 Å². The van der Waals surface area contributed by atoms with E-state index in [-0.39, 0.29) is 6.61 Å². The van der Waals surface area contributed by atoms with E-state index in [0.29, 0.717) is 41.1 Å². The van der Waals surface area contributed by atoms with Crippen LogP contribution >= 0.6 is 0 Å². The second kappa shape index (κ2) is 11.8. The SMILES string of the molecule is COC(C)(C)COC(C)(C)C(=O)Oc1c(C(C)(C)C/C=C(\C)C(C)C)c(C)c(OC=O)c2ccccc12. The number of carbonyl (C=O) groups is 2. The molecule has 6 nitrogen and oxygen atoms in total. The topological polar surface area (TPSA) is 71.1 Å². The second-order valence-corrected chi connectivity index (χ2v) is 11.8. The van der Waals surface area contributed by atoms with Crippen LogP contribution in [-0.4, -0.2) is 37.4 Å². The lowest BCUT2D eigenvalue weighted by atomic mass is 9.76. The molecule has 0 saturated carbocycles. The van der Waals surface area contributed by atoms with Crippen LogP contribution in [0.3, 0.4) is 0 Å². The van der Waals surface area contributed by atoms with E-state index < -0.39 is 22.6 Å². The summed E-state index contributed by atoms with van der Waals surface area (Å²) in [4.78, 5) is 25.0. The predicted octanol–water partition coefficient (Wildman–Crippen LogP) is 7.08. The average molecular weight is 513 g/mol. The molecule has 0 aliphatic rings. The maximum Gasteiger partial charge on any atom is 0.343 e.